The van der Waals surface area contributed by atoms with Gasteiger partial charge in [0.05, 0.1) is 17.1 Å². The van der Waals surface area contributed by atoms with E-state index in [1.165, 1.54) is 0 Å². The molecule has 7 heteroatoms. The molecule has 0 fully saturated rings. The predicted octanol–water partition coefficient (Wildman–Crippen LogP) is 3.77. The lowest BCUT2D eigenvalue weighted by atomic mass is 10.3. The number of anilines is 1. The average Bonchev–Trinajstić information content (AvgIpc) is 2.81. The maximum Gasteiger partial charge on any atom is 0.268 e. The molecule has 0 saturated carbocycles. The summed E-state index contributed by atoms with van der Waals surface area (Å²) in [5, 5.41) is 4.66. The third-order valence-electron chi connectivity index (χ3n) is 4.18. The van der Waals surface area contributed by atoms with Crippen LogP contribution in [0.2, 0.25) is 0 Å². The van der Waals surface area contributed by atoms with Gasteiger partial charge >= 0.3 is 0 Å². The maximum atomic E-state index is 13.4. The van der Waals surface area contributed by atoms with Crippen LogP contribution in [0.1, 0.15) is 38.2 Å². The number of thioether (sulfide) groups is 1. The van der Waals surface area contributed by atoms with Crippen molar-refractivity contribution in [2.45, 2.75) is 55.7 Å². The van der Waals surface area contributed by atoms with Crippen molar-refractivity contribution in [1.82, 2.24) is 9.78 Å². The van der Waals surface area contributed by atoms with Crippen molar-refractivity contribution in [2.24, 2.45) is 0 Å². The van der Waals surface area contributed by atoms with E-state index in [-0.39, 0.29) is 11.3 Å². The number of nitrogens with zero attached hydrogens (tertiary/aromatic N) is 3. The summed E-state index contributed by atoms with van der Waals surface area (Å²) in [6.07, 6.45) is 0. The SMILES string of the molecule is Cc1nn(C(C)C)c(C)c1S(=O)(=O)N1C[C@H](C)Sc2ccccc21. The Kier molecular flexibility index (Phi) is 4.42. The van der Waals surface area contributed by atoms with Gasteiger partial charge in [0.25, 0.3) is 10.0 Å². The zero-order valence-electron chi connectivity index (χ0n) is 14.6. The fourth-order valence-electron chi connectivity index (χ4n) is 3.21. The van der Waals surface area contributed by atoms with Crippen LogP contribution in [-0.2, 0) is 10.0 Å². The summed E-state index contributed by atoms with van der Waals surface area (Å²) in [4.78, 5) is 1.34. The van der Waals surface area contributed by atoms with Crippen molar-refractivity contribution in [3.63, 3.8) is 0 Å². The smallest absolute Gasteiger partial charge is 0.266 e. The topological polar surface area (TPSA) is 55.2 Å². The summed E-state index contributed by atoms with van der Waals surface area (Å²) in [7, 11) is -3.65. The third kappa shape index (κ3) is 2.73. The number of aryl methyl sites for hydroxylation is 1. The van der Waals surface area contributed by atoms with Gasteiger partial charge in [0.15, 0.2) is 0 Å². The minimum atomic E-state index is -3.65. The van der Waals surface area contributed by atoms with Gasteiger partial charge in [0, 0.05) is 22.7 Å². The number of hydrogen-bond acceptors (Lipinski definition) is 4. The molecule has 2 heterocycles. The van der Waals surface area contributed by atoms with Gasteiger partial charge < -0.3 is 0 Å². The Hall–Kier alpha value is -1.47. The first-order valence-electron chi connectivity index (χ1n) is 8.07. The average molecular weight is 366 g/mol. The number of aromatic nitrogens is 2. The second kappa shape index (κ2) is 6.11. The van der Waals surface area contributed by atoms with E-state index < -0.39 is 10.0 Å². The molecule has 0 unspecified atom stereocenters. The van der Waals surface area contributed by atoms with Crippen molar-refractivity contribution < 1.29 is 8.42 Å². The lowest BCUT2D eigenvalue weighted by Crippen LogP contribution is -2.39. The summed E-state index contributed by atoms with van der Waals surface area (Å²) in [6, 6.07) is 7.81. The highest BCUT2D eigenvalue weighted by molar-refractivity contribution is 8.00. The number of fused-ring (bicyclic) bond motifs is 1. The fraction of sp³-hybridized carbons (Fsp3) is 0.471. The van der Waals surface area contributed by atoms with Crippen LogP contribution in [0, 0.1) is 13.8 Å². The minimum Gasteiger partial charge on any atom is -0.266 e. The number of benzene rings is 1. The Labute approximate surface area is 148 Å². The van der Waals surface area contributed by atoms with E-state index >= 15 is 0 Å². The summed E-state index contributed by atoms with van der Waals surface area (Å²) in [5.74, 6) is 0. The molecule has 1 aliphatic rings. The standard InChI is InChI=1S/C17H23N3O2S2/c1-11(2)20-14(5)17(13(4)18-20)24(21,22)19-10-12(3)23-16-9-7-6-8-15(16)19/h6-9,11-12H,10H2,1-5H3/t12-/m0/s1. The second-order valence-electron chi connectivity index (χ2n) is 6.47. The highest BCUT2D eigenvalue weighted by atomic mass is 32.2. The molecule has 0 radical (unpaired) electrons. The van der Waals surface area contributed by atoms with Gasteiger partial charge in [0.1, 0.15) is 4.90 Å². The molecule has 2 aromatic rings. The summed E-state index contributed by atoms with van der Waals surface area (Å²) >= 11 is 1.72. The molecule has 130 valence electrons. The maximum absolute atomic E-state index is 13.4. The van der Waals surface area contributed by atoms with Crippen LogP contribution >= 0.6 is 11.8 Å². The van der Waals surface area contributed by atoms with E-state index in [0.29, 0.717) is 22.8 Å². The molecule has 0 spiro atoms. The molecule has 0 saturated heterocycles. The molecular formula is C17H23N3O2S2. The first-order chi connectivity index (χ1) is 11.2. The van der Waals surface area contributed by atoms with Gasteiger partial charge in [-0.05, 0) is 39.8 Å². The van der Waals surface area contributed by atoms with Crippen molar-refractivity contribution in [3.05, 3.63) is 35.7 Å². The van der Waals surface area contributed by atoms with Crippen LogP contribution in [0.25, 0.3) is 0 Å². The van der Waals surface area contributed by atoms with Crippen LogP contribution in [-0.4, -0.2) is 30.0 Å². The van der Waals surface area contributed by atoms with Gasteiger partial charge in [-0.25, -0.2) is 8.42 Å². The van der Waals surface area contributed by atoms with Crippen LogP contribution in [0.15, 0.2) is 34.1 Å². The van der Waals surface area contributed by atoms with E-state index in [1.807, 2.05) is 45.0 Å². The van der Waals surface area contributed by atoms with Crippen molar-refractivity contribution >= 4 is 27.5 Å². The highest BCUT2D eigenvalue weighted by Crippen LogP contribution is 2.41. The number of rotatable bonds is 3. The molecule has 1 aliphatic heterocycles. The van der Waals surface area contributed by atoms with Crippen molar-refractivity contribution in [2.75, 3.05) is 10.8 Å². The number of sulfonamides is 1. The third-order valence-corrected chi connectivity index (χ3v) is 7.36. The molecule has 0 bridgehead atoms. The van der Waals surface area contributed by atoms with Gasteiger partial charge in [-0.3, -0.25) is 8.99 Å². The predicted molar refractivity (Wildman–Crippen MR) is 98.4 cm³/mol. The normalized spacial score (nSPS) is 18.1. The number of hydrogen-bond donors (Lipinski definition) is 0. The monoisotopic (exact) mass is 365 g/mol. The molecule has 24 heavy (non-hydrogen) atoms. The minimum absolute atomic E-state index is 0.121. The number of para-hydroxylation sites is 1. The van der Waals surface area contributed by atoms with Gasteiger partial charge in [0.2, 0.25) is 0 Å². The Morgan fingerprint density at radius 1 is 1.25 bits per heavy atom. The zero-order chi connectivity index (χ0) is 17.6. The molecule has 1 aromatic heterocycles. The van der Waals surface area contributed by atoms with Gasteiger partial charge in [-0.2, -0.15) is 5.10 Å². The van der Waals surface area contributed by atoms with Crippen LogP contribution in [0.5, 0.6) is 0 Å². The molecule has 3 rings (SSSR count). The summed E-state index contributed by atoms with van der Waals surface area (Å²) < 4.78 is 30.2. The summed E-state index contributed by atoms with van der Waals surface area (Å²) in [6.45, 7) is 10.1. The molecule has 0 N–H and O–H groups in total. The lowest BCUT2D eigenvalue weighted by Gasteiger charge is -2.33. The van der Waals surface area contributed by atoms with E-state index in [1.54, 1.807) is 27.7 Å². The molecule has 1 atom stereocenters. The fourth-order valence-corrected chi connectivity index (χ4v) is 6.42. The quantitative estimate of drug-likeness (QED) is 0.831. The molecule has 0 amide bonds. The first kappa shape index (κ1) is 17.4. The van der Waals surface area contributed by atoms with E-state index in [0.717, 1.165) is 10.6 Å². The Morgan fingerprint density at radius 3 is 2.54 bits per heavy atom. The van der Waals surface area contributed by atoms with Crippen LogP contribution in [0.4, 0.5) is 5.69 Å². The van der Waals surface area contributed by atoms with E-state index in [9.17, 15) is 8.42 Å². The largest absolute Gasteiger partial charge is 0.268 e. The van der Waals surface area contributed by atoms with Crippen LogP contribution < -0.4 is 4.31 Å². The van der Waals surface area contributed by atoms with Crippen LogP contribution in [0.3, 0.4) is 0 Å². The van der Waals surface area contributed by atoms with Crippen molar-refractivity contribution in [1.29, 1.82) is 0 Å². The van der Waals surface area contributed by atoms with E-state index in [4.69, 9.17) is 0 Å². The van der Waals surface area contributed by atoms with Crippen molar-refractivity contribution in [3.8, 4) is 0 Å². The molecule has 5 nitrogen and oxygen atoms in total. The van der Waals surface area contributed by atoms with Gasteiger partial charge in [-0.1, -0.05) is 19.1 Å². The Balaban J connectivity index is 2.16. The van der Waals surface area contributed by atoms with Gasteiger partial charge in [-0.15, -0.1) is 11.8 Å². The zero-order valence-corrected chi connectivity index (χ0v) is 16.3. The Morgan fingerprint density at radius 2 is 1.92 bits per heavy atom. The van der Waals surface area contributed by atoms with E-state index in [2.05, 4.69) is 12.0 Å². The molecule has 1 aromatic carbocycles. The second-order valence-corrected chi connectivity index (χ2v) is 9.75. The molecule has 0 aliphatic carbocycles. The lowest BCUT2D eigenvalue weighted by molar-refractivity contribution is 0.514. The first-order valence-corrected chi connectivity index (χ1v) is 10.4. The Bertz CT molecular complexity index is 872. The summed E-state index contributed by atoms with van der Waals surface area (Å²) in [5.41, 5.74) is 2.02. The molecular weight excluding hydrogens is 342 g/mol. The highest BCUT2D eigenvalue weighted by Gasteiger charge is 2.36.